The standard InChI is InChI=1S/C23H21BrN4OS/c1-2-17-3-7-20(8-4-17)28-22(18-11-13-25-14-12-18)26-27-23(28)30-16-15-29-21-9-5-19(24)6-10-21/h3-14H,2,15-16H2,1H3. The highest BCUT2D eigenvalue weighted by atomic mass is 79.9. The van der Waals surface area contributed by atoms with Gasteiger partial charge in [0.2, 0.25) is 0 Å². The topological polar surface area (TPSA) is 52.8 Å². The van der Waals surface area contributed by atoms with Crippen molar-refractivity contribution < 1.29 is 4.74 Å². The molecule has 0 spiro atoms. The molecule has 0 saturated heterocycles. The van der Waals surface area contributed by atoms with Crippen LogP contribution in [-0.2, 0) is 6.42 Å². The van der Waals surface area contributed by atoms with Gasteiger partial charge in [0.15, 0.2) is 11.0 Å². The van der Waals surface area contributed by atoms with Crippen molar-refractivity contribution in [1.82, 2.24) is 19.7 Å². The van der Waals surface area contributed by atoms with Crippen molar-refractivity contribution in [2.75, 3.05) is 12.4 Å². The van der Waals surface area contributed by atoms with E-state index < -0.39 is 0 Å². The lowest BCUT2D eigenvalue weighted by Crippen LogP contribution is -2.03. The Morgan fingerprint density at radius 3 is 2.37 bits per heavy atom. The van der Waals surface area contributed by atoms with E-state index in [2.05, 4.69) is 66.9 Å². The second-order valence-electron chi connectivity index (χ2n) is 6.55. The molecule has 30 heavy (non-hydrogen) atoms. The molecule has 2 aromatic heterocycles. The summed E-state index contributed by atoms with van der Waals surface area (Å²) < 4.78 is 8.98. The molecule has 5 nitrogen and oxygen atoms in total. The highest BCUT2D eigenvalue weighted by Crippen LogP contribution is 2.28. The number of aromatic nitrogens is 4. The molecule has 0 aliphatic heterocycles. The van der Waals surface area contributed by atoms with Crippen LogP contribution in [0.25, 0.3) is 17.1 Å². The van der Waals surface area contributed by atoms with Crippen LogP contribution < -0.4 is 4.74 Å². The van der Waals surface area contributed by atoms with Gasteiger partial charge in [0, 0.05) is 33.9 Å². The van der Waals surface area contributed by atoms with Gasteiger partial charge in [-0.15, -0.1) is 10.2 Å². The van der Waals surface area contributed by atoms with Crippen molar-refractivity contribution in [3.05, 3.63) is 83.1 Å². The zero-order valence-corrected chi connectivity index (χ0v) is 18.9. The van der Waals surface area contributed by atoms with E-state index in [1.54, 1.807) is 24.2 Å². The summed E-state index contributed by atoms with van der Waals surface area (Å²) in [4.78, 5) is 4.12. The number of nitrogens with zero attached hydrogens (tertiary/aromatic N) is 4. The van der Waals surface area contributed by atoms with Crippen LogP contribution in [0.1, 0.15) is 12.5 Å². The lowest BCUT2D eigenvalue weighted by molar-refractivity contribution is 0.344. The molecule has 2 heterocycles. The van der Waals surface area contributed by atoms with Gasteiger partial charge in [0.1, 0.15) is 5.75 Å². The second kappa shape index (κ2) is 9.91. The van der Waals surface area contributed by atoms with Crippen LogP contribution in [0, 0.1) is 0 Å². The Labute approximate surface area is 188 Å². The van der Waals surface area contributed by atoms with Crippen LogP contribution in [0.4, 0.5) is 0 Å². The first kappa shape index (κ1) is 20.6. The van der Waals surface area contributed by atoms with Crippen LogP contribution in [-0.4, -0.2) is 32.1 Å². The normalized spacial score (nSPS) is 10.9. The fraction of sp³-hybridized carbons (Fsp3) is 0.174. The summed E-state index contributed by atoms with van der Waals surface area (Å²) in [6.45, 7) is 2.74. The van der Waals surface area contributed by atoms with E-state index in [0.717, 1.165) is 44.6 Å². The Morgan fingerprint density at radius 1 is 0.933 bits per heavy atom. The minimum atomic E-state index is 0.582. The molecule has 4 rings (SSSR count). The highest BCUT2D eigenvalue weighted by Gasteiger charge is 2.16. The lowest BCUT2D eigenvalue weighted by Gasteiger charge is -2.11. The van der Waals surface area contributed by atoms with E-state index in [9.17, 15) is 0 Å². The third kappa shape index (κ3) is 4.91. The van der Waals surface area contributed by atoms with E-state index in [4.69, 9.17) is 4.74 Å². The fourth-order valence-electron chi connectivity index (χ4n) is 2.99. The molecular weight excluding hydrogens is 460 g/mol. The van der Waals surface area contributed by atoms with Crippen molar-refractivity contribution in [1.29, 1.82) is 0 Å². The first-order chi connectivity index (χ1) is 14.7. The maximum Gasteiger partial charge on any atom is 0.196 e. The van der Waals surface area contributed by atoms with Crippen LogP contribution in [0.15, 0.2) is 82.7 Å². The average Bonchev–Trinajstić information content (AvgIpc) is 3.22. The SMILES string of the molecule is CCc1ccc(-n2c(SCCOc3ccc(Br)cc3)nnc2-c2ccncc2)cc1. The molecule has 0 N–H and O–H groups in total. The predicted octanol–water partition coefficient (Wildman–Crippen LogP) is 5.83. The summed E-state index contributed by atoms with van der Waals surface area (Å²) in [6, 6.07) is 20.3. The maximum atomic E-state index is 5.84. The molecular formula is C23H21BrN4OS. The number of hydrogen-bond donors (Lipinski definition) is 0. The van der Waals surface area contributed by atoms with Gasteiger partial charge in [0.05, 0.1) is 6.61 Å². The molecule has 2 aromatic carbocycles. The largest absolute Gasteiger partial charge is 0.493 e. The summed E-state index contributed by atoms with van der Waals surface area (Å²) in [5.41, 5.74) is 3.32. The number of halogens is 1. The molecule has 0 radical (unpaired) electrons. The van der Waals surface area contributed by atoms with Crippen LogP contribution in [0.5, 0.6) is 5.75 Å². The maximum absolute atomic E-state index is 5.84. The molecule has 152 valence electrons. The molecule has 0 atom stereocenters. The van der Waals surface area contributed by atoms with Gasteiger partial charge in [0.25, 0.3) is 0 Å². The van der Waals surface area contributed by atoms with E-state index in [-0.39, 0.29) is 0 Å². The Hall–Kier alpha value is -2.64. The highest BCUT2D eigenvalue weighted by molar-refractivity contribution is 9.10. The van der Waals surface area contributed by atoms with Gasteiger partial charge in [-0.2, -0.15) is 0 Å². The Bertz CT molecular complexity index is 1080. The minimum Gasteiger partial charge on any atom is -0.493 e. The van der Waals surface area contributed by atoms with Crippen molar-refractivity contribution in [3.8, 4) is 22.8 Å². The van der Waals surface area contributed by atoms with Gasteiger partial charge < -0.3 is 4.74 Å². The molecule has 0 fully saturated rings. The quantitative estimate of drug-likeness (QED) is 0.234. The van der Waals surface area contributed by atoms with Gasteiger partial charge >= 0.3 is 0 Å². The molecule has 0 aliphatic carbocycles. The molecule has 0 unspecified atom stereocenters. The summed E-state index contributed by atoms with van der Waals surface area (Å²) in [5.74, 6) is 2.42. The van der Waals surface area contributed by atoms with Crippen LogP contribution in [0.2, 0.25) is 0 Å². The third-order valence-electron chi connectivity index (χ3n) is 4.57. The number of ether oxygens (including phenoxy) is 1. The van der Waals surface area contributed by atoms with Gasteiger partial charge in [-0.05, 0) is 60.5 Å². The van der Waals surface area contributed by atoms with E-state index in [0.29, 0.717) is 6.61 Å². The number of pyridine rings is 1. The van der Waals surface area contributed by atoms with Crippen molar-refractivity contribution in [3.63, 3.8) is 0 Å². The number of aryl methyl sites for hydroxylation is 1. The fourth-order valence-corrected chi connectivity index (χ4v) is 4.02. The van der Waals surface area contributed by atoms with Crippen LogP contribution >= 0.6 is 27.7 Å². The minimum absolute atomic E-state index is 0.582. The Balaban J connectivity index is 1.54. The molecule has 0 bridgehead atoms. The zero-order valence-electron chi connectivity index (χ0n) is 16.5. The van der Waals surface area contributed by atoms with E-state index in [1.807, 2.05) is 36.4 Å². The van der Waals surface area contributed by atoms with Gasteiger partial charge in [-0.1, -0.05) is 46.7 Å². The summed E-state index contributed by atoms with van der Waals surface area (Å²) in [7, 11) is 0. The van der Waals surface area contributed by atoms with Gasteiger partial charge in [-0.3, -0.25) is 9.55 Å². The van der Waals surface area contributed by atoms with Crippen molar-refractivity contribution >= 4 is 27.7 Å². The van der Waals surface area contributed by atoms with Crippen LogP contribution in [0.3, 0.4) is 0 Å². The van der Waals surface area contributed by atoms with Gasteiger partial charge in [-0.25, -0.2) is 0 Å². The molecule has 0 amide bonds. The predicted molar refractivity (Wildman–Crippen MR) is 124 cm³/mol. The average molecular weight is 481 g/mol. The van der Waals surface area contributed by atoms with E-state index in [1.165, 1.54) is 5.56 Å². The number of benzene rings is 2. The smallest absolute Gasteiger partial charge is 0.196 e. The summed E-state index contributed by atoms with van der Waals surface area (Å²) in [6.07, 6.45) is 4.55. The molecule has 4 aromatic rings. The summed E-state index contributed by atoms with van der Waals surface area (Å²) in [5, 5.41) is 9.77. The number of rotatable bonds is 8. The number of hydrogen-bond acceptors (Lipinski definition) is 5. The second-order valence-corrected chi connectivity index (χ2v) is 8.53. The Kier molecular flexibility index (Phi) is 6.81. The van der Waals surface area contributed by atoms with Crippen molar-refractivity contribution in [2.45, 2.75) is 18.5 Å². The monoisotopic (exact) mass is 480 g/mol. The molecule has 7 heteroatoms. The molecule has 0 aliphatic rings. The van der Waals surface area contributed by atoms with E-state index >= 15 is 0 Å². The molecule has 0 saturated carbocycles. The lowest BCUT2D eigenvalue weighted by atomic mass is 10.1. The Morgan fingerprint density at radius 2 is 1.67 bits per heavy atom. The van der Waals surface area contributed by atoms with Crippen molar-refractivity contribution in [2.24, 2.45) is 0 Å². The zero-order chi connectivity index (χ0) is 20.8. The third-order valence-corrected chi connectivity index (χ3v) is 5.99. The first-order valence-electron chi connectivity index (χ1n) is 9.71. The number of thioether (sulfide) groups is 1. The first-order valence-corrected chi connectivity index (χ1v) is 11.5. The summed E-state index contributed by atoms with van der Waals surface area (Å²) >= 11 is 5.07.